The molecule has 0 aliphatic rings. The molecule has 0 aliphatic heterocycles. The first-order valence-corrected chi connectivity index (χ1v) is 7.16. The van der Waals surface area contributed by atoms with Crippen LogP contribution in [0.15, 0.2) is 18.2 Å². The van der Waals surface area contributed by atoms with E-state index >= 15 is 0 Å². The maximum absolute atomic E-state index is 8.93. The van der Waals surface area contributed by atoms with Crippen molar-refractivity contribution in [2.45, 2.75) is 19.4 Å². The van der Waals surface area contributed by atoms with E-state index in [1.807, 2.05) is 12.1 Å². The van der Waals surface area contributed by atoms with Gasteiger partial charge in [0.05, 0.1) is 25.9 Å². The van der Waals surface area contributed by atoms with E-state index in [0.717, 1.165) is 38.1 Å². The molecule has 0 heterocycles. The Labute approximate surface area is 126 Å². The number of methoxy groups -OCH3 is 2. The highest BCUT2D eigenvalue weighted by Gasteiger charge is 2.03. The number of ether oxygens (including phenoxy) is 3. The molecule has 0 atom stereocenters. The number of nitrogens with zero attached hydrogens (tertiary/aromatic N) is 1. The molecule has 1 aromatic rings. The van der Waals surface area contributed by atoms with E-state index in [1.54, 1.807) is 20.3 Å². The minimum Gasteiger partial charge on any atom is -0.495 e. The highest BCUT2D eigenvalue weighted by Crippen LogP contribution is 2.18. The number of unbranched alkanes of at least 4 members (excludes halogenated alkanes) is 1. The van der Waals surface area contributed by atoms with Gasteiger partial charge in [0.15, 0.2) is 0 Å². The third kappa shape index (κ3) is 7.09. The van der Waals surface area contributed by atoms with Gasteiger partial charge in [-0.05, 0) is 37.1 Å². The summed E-state index contributed by atoms with van der Waals surface area (Å²) in [5.41, 5.74) is 1.68. The smallest absolute Gasteiger partial charge is 0.136 e. The second kappa shape index (κ2) is 11.1. The van der Waals surface area contributed by atoms with Crippen molar-refractivity contribution in [1.29, 1.82) is 5.26 Å². The maximum Gasteiger partial charge on any atom is 0.136 e. The van der Waals surface area contributed by atoms with Crippen LogP contribution < -0.4 is 10.1 Å². The molecular weight excluding hydrogens is 268 g/mol. The van der Waals surface area contributed by atoms with Crippen LogP contribution in [-0.2, 0) is 16.0 Å². The number of nitrogens with one attached hydrogen (secondary N) is 1. The lowest BCUT2D eigenvalue weighted by Gasteiger charge is -2.08. The summed E-state index contributed by atoms with van der Waals surface area (Å²) in [6, 6.07) is 7.75. The Hall–Kier alpha value is -1.61. The monoisotopic (exact) mass is 292 g/mol. The second-order valence-electron chi connectivity index (χ2n) is 4.64. The number of rotatable bonds is 11. The summed E-state index contributed by atoms with van der Waals surface area (Å²) < 4.78 is 15.5. The molecule has 21 heavy (non-hydrogen) atoms. The fourth-order valence-electron chi connectivity index (χ4n) is 1.87. The summed E-state index contributed by atoms with van der Waals surface area (Å²) in [7, 11) is 3.25. The summed E-state index contributed by atoms with van der Waals surface area (Å²) in [6.45, 7) is 3.80. The maximum atomic E-state index is 8.93. The van der Waals surface area contributed by atoms with Crippen LogP contribution in [0.5, 0.6) is 5.75 Å². The fourth-order valence-corrected chi connectivity index (χ4v) is 1.87. The lowest BCUT2D eigenvalue weighted by molar-refractivity contribution is 0.0688. The molecule has 116 valence electrons. The normalized spacial score (nSPS) is 10.3. The first-order valence-electron chi connectivity index (χ1n) is 7.16. The van der Waals surface area contributed by atoms with E-state index in [2.05, 4.69) is 11.4 Å². The van der Waals surface area contributed by atoms with Crippen LogP contribution in [0.2, 0.25) is 0 Å². The van der Waals surface area contributed by atoms with Crippen LogP contribution in [-0.4, -0.2) is 40.6 Å². The molecule has 5 nitrogen and oxygen atoms in total. The minimum atomic E-state index is 0.564. The van der Waals surface area contributed by atoms with Crippen molar-refractivity contribution >= 4 is 0 Å². The van der Waals surface area contributed by atoms with Crippen molar-refractivity contribution in [2.24, 2.45) is 0 Å². The van der Waals surface area contributed by atoms with Gasteiger partial charge in [-0.15, -0.1) is 0 Å². The van der Waals surface area contributed by atoms with Crippen molar-refractivity contribution in [3.63, 3.8) is 0 Å². The lowest BCUT2D eigenvalue weighted by atomic mass is 10.1. The third-order valence-corrected chi connectivity index (χ3v) is 3.04. The lowest BCUT2D eigenvalue weighted by Crippen LogP contribution is -2.15. The molecule has 1 N–H and O–H groups in total. The summed E-state index contributed by atoms with van der Waals surface area (Å²) in [5, 5.41) is 12.3. The van der Waals surface area contributed by atoms with Gasteiger partial charge >= 0.3 is 0 Å². The molecule has 0 radical (unpaired) electrons. The van der Waals surface area contributed by atoms with Crippen LogP contribution >= 0.6 is 0 Å². The Morgan fingerprint density at radius 3 is 2.71 bits per heavy atom. The Kier molecular flexibility index (Phi) is 9.21. The molecule has 0 fully saturated rings. The molecule has 0 aromatic heterocycles. The van der Waals surface area contributed by atoms with Crippen LogP contribution in [0.1, 0.15) is 24.0 Å². The van der Waals surface area contributed by atoms with Gasteiger partial charge in [-0.3, -0.25) is 0 Å². The Bertz CT molecular complexity index is 444. The van der Waals surface area contributed by atoms with Crippen molar-refractivity contribution in [2.75, 3.05) is 40.6 Å². The molecule has 0 bridgehead atoms. The summed E-state index contributed by atoms with van der Waals surface area (Å²) in [6.07, 6.45) is 2.10. The molecule has 1 aromatic carbocycles. The zero-order chi connectivity index (χ0) is 15.3. The van der Waals surface area contributed by atoms with E-state index in [4.69, 9.17) is 19.5 Å². The van der Waals surface area contributed by atoms with Crippen molar-refractivity contribution in [1.82, 2.24) is 5.32 Å². The van der Waals surface area contributed by atoms with Gasteiger partial charge in [0.25, 0.3) is 0 Å². The predicted octanol–water partition coefficient (Wildman–Crippen LogP) is 2.10. The zero-order valence-corrected chi connectivity index (χ0v) is 12.9. The van der Waals surface area contributed by atoms with E-state index in [1.165, 1.54) is 0 Å². The topological polar surface area (TPSA) is 63.5 Å². The van der Waals surface area contributed by atoms with Crippen LogP contribution in [0.3, 0.4) is 0 Å². The molecular formula is C16H24N2O3. The average molecular weight is 292 g/mol. The van der Waals surface area contributed by atoms with Crippen LogP contribution in [0.25, 0.3) is 0 Å². The predicted molar refractivity (Wildman–Crippen MR) is 81.3 cm³/mol. The molecule has 0 amide bonds. The quantitative estimate of drug-likeness (QED) is 0.633. The minimum absolute atomic E-state index is 0.564. The number of hydrogen-bond donors (Lipinski definition) is 1. The first-order chi connectivity index (χ1) is 10.3. The molecule has 0 aliphatic carbocycles. The molecule has 0 unspecified atom stereocenters. The fraction of sp³-hybridized carbons (Fsp3) is 0.562. The van der Waals surface area contributed by atoms with Crippen molar-refractivity contribution < 1.29 is 14.2 Å². The van der Waals surface area contributed by atoms with Crippen molar-refractivity contribution in [3.05, 3.63) is 29.3 Å². The number of benzene rings is 1. The van der Waals surface area contributed by atoms with Gasteiger partial charge < -0.3 is 19.5 Å². The standard InChI is InChI=1S/C16H24N2O3/c1-19-9-10-21-8-4-3-7-18-13-14-5-6-15(12-17)16(11-14)20-2/h5-6,11,18H,3-4,7-10,13H2,1-2H3. The van der Waals surface area contributed by atoms with E-state index in [-0.39, 0.29) is 0 Å². The number of hydrogen-bond acceptors (Lipinski definition) is 5. The Balaban J connectivity index is 2.14. The van der Waals surface area contributed by atoms with E-state index in [9.17, 15) is 0 Å². The average Bonchev–Trinajstić information content (AvgIpc) is 2.53. The number of nitriles is 1. The second-order valence-corrected chi connectivity index (χ2v) is 4.64. The van der Waals surface area contributed by atoms with Gasteiger partial charge in [-0.2, -0.15) is 5.26 Å². The van der Waals surface area contributed by atoms with Gasteiger partial charge in [0.2, 0.25) is 0 Å². The molecule has 0 saturated heterocycles. The van der Waals surface area contributed by atoms with E-state index < -0.39 is 0 Å². The molecule has 0 saturated carbocycles. The van der Waals surface area contributed by atoms with E-state index in [0.29, 0.717) is 24.5 Å². The molecule has 1 rings (SSSR count). The summed E-state index contributed by atoms with van der Waals surface area (Å²) in [4.78, 5) is 0. The van der Waals surface area contributed by atoms with Crippen molar-refractivity contribution in [3.8, 4) is 11.8 Å². The summed E-state index contributed by atoms with van der Waals surface area (Å²) >= 11 is 0. The van der Waals surface area contributed by atoms with Crippen LogP contribution in [0.4, 0.5) is 0 Å². The van der Waals surface area contributed by atoms with Gasteiger partial charge in [-0.1, -0.05) is 6.07 Å². The third-order valence-electron chi connectivity index (χ3n) is 3.04. The zero-order valence-electron chi connectivity index (χ0n) is 12.9. The van der Waals surface area contributed by atoms with Gasteiger partial charge in [0.1, 0.15) is 11.8 Å². The first kappa shape index (κ1) is 17.4. The van der Waals surface area contributed by atoms with Crippen LogP contribution in [0, 0.1) is 11.3 Å². The Morgan fingerprint density at radius 2 is 2.00 bits per heavy atom. The molecule has 0 spiro atoms. The Morgan fingerprint density at radius 1 is 1.14 bits per heavy atom. The highest BCUT2D eigenvalue weighted by molar-refractivity contribution is 5.45. The van der Waals surface area contributed by atoms with Gasteiger partial charge in [0, 0.05) is 20.3 Å². The SMILES string of the molecule is COCCOCCCCNCc1ccc(C#N)c(OC)c1. The summed E-state index contributed by atoms with van der Waals surface area (Å²) in [5.74, 6) is 0.628. The van der Waals surface area contributed by atoms with Gasteiger partial charge in [-0.25, -0.2) is 0 Å². The largest absolute Gasteiger partial charge is 0.495 e. The molecule has 5 heteroatoms. The highest BCUT2D eigenvalue weighted by atomic mass is 16.5.